The minimum Gasteiger partial charge on any atom is -0.497 e. The van der Waals surface area contributed by atoms with Gasteiger partial charge >= 0.3 is 0 Å². The average molecular weight is 353 g/mol. The van der Waals surface area contributed by atoms with Crippen molar-refractivity contribution in [2.24, 2.45) is 5.10 Å². The van der Waals surface area contributed by atoms with Crippen LogP contribution in [0.4, 0.5) is 0 Å². The van der Waals surface area contributed by atoms with E-state index in [1.807, 2.05) is 6.07 Å². The molecule has 7 heteroatoms. The second-order valence-electron chi connectivity index (χ2n) is 5.17. The Hall–Kier alpha value is -3.53. The number of benzene rings is 2. The molecular weight excluding hydrogens is 334 g/mol. The SMILES string of the molecule is COc1ccc(OCC(=O)N/N=C(/C)c2ccc(OCC#N)cc2)cc1. The fourth-order valence-electron chi connectivity index (χ4n) is 1.97. The van der Waals surface area contributed by atoms with E-state index in [4.69, 9.17) is 19.5 Å². The Morgan fingerprint density at radius 2 is 1.62 bits per heavy atom. The number of hydrazone groups is 1. The highest BCUT2D eigenvalue weighted by Crippen LogP contribution is 2.16. The number of amides is 1. The van der Waals surface area contributed by atoms with Crippen LogP contribution in [0.1, 0.15) is 12.5 Å². The average Bonchev–Trinajstić information content (AvgIpc) is 2.69. The molecule has 1 amide bonds. The van der Waals surface area contributed by atoms with E-state index < -0.39 is 0 Å². The largest absolute Gasteiger partial charge is 0.497 e. The molecule has 0 heterocycles. The van der Waals surface area contributed by atoms with Crippen LogP contribution in [0, 0.1) is 11.3 Å². The van der Waals surface area contributed by atoms with E-state index in [0.29, 0.717) is 23.0 Å². The third-order valence-corrected chi connectivity index (χ3v) is 3.35. The Balaban J connectivity index is 1.83. The third kappa shape index (κ3) is 5.83. The maximum atomic E-state index is 11.8. The molecule has 0 fully saturated rings. The van der Waals surface area contributed by atoms with Crippen LogP contribution >= 0.6 is 0 Å². The number of ether oxygens (including phenoxy) is 3. The predicted molar refractivity (Wildman–Crippen MR) is 96.4 cm³/mol. The van der Waals surface area contributed by atoms with Crippen LogP contribution in [-0.2, 0) is 4.79 Å². The van der Waals surface area contributed by atoms with Crippen LogP contribution in [0.3, 0.4) is 0 Å². The van der Waals surface area contributed by atoms with Crippen LogP contribution in [0.5, 0.6) is 17.2 Å². The van der Waals surface area contributed by atoms with Gasteiger partial charge < -0.3 is 14.2 Å². The standard InChI is InChI=1S/C19H19N3O4/c1-14(15-3-5-17(6-4-15)25-12-11-20)21-22-19(23)13-26-18-9-7-16(24-2)8-10-18/h3-10H,12-13H2,1-2H3,(H,22,23)/b21-14-. The van der Waals surface area contributed by atoms with Crippen molar-refractivity contribution in [1.82, 2.24) is 5.43 Å². The topological polar surface area (TPSA) is 92.9 Å². The number of methoxy groups -OCH3 is 1. The Morgan fingerprint density at radius 3 is 2.23 bits per heavy atom. The minimum absolute atomic E-state index is 0.00330. The van der Waals surface area contributed by atoms with Crippen molar-refractivity contribution in [3.8, 4) is 23.3 Å². The van der Waals surface area contributed by atoms with Gasteiger partial charge in [0.25, 0.3) is 5.91 Å². The van der Waals surface area contributed by atoms with Gasteiger partial charge in [-0.3, -0.25) is 4.79 Å². The number of nitrogens with zero attached hydrogens (tertiary/aromatic N) is 2. The zero-order valence-electron chi connectivity index (χ0n) is 14.6. The molecule has 134 valence electrons. The maximum Gasteiger partial charge on any atom is 0.277 e. The highest BCUT2D eigenvalue weighted by molar-refractivity contribution is 5.99. The molecule has 2 aromatic rings. The Labute approximate surface area is 151 Å². The number of nitrogens with one attached hydrogen (secondary N) is 1. The zero-order valence-corrected chi connectivity index (χ0v) is 14.6. The highest BCUT2D eigenvalue weighted by Gasteiger charge is 2.04. The van der Waals surface area contributed by atoms with Gasteiger partial charge in [0.15, 0.2) is 13.2 Å². The van der Waals surface area contributed by atoms with Crippen molar-refractivity contribution in [2.75, 3.05) is 20.3 Å². The van der Waals surface area contributed by atoms with E-state index in [1.165, 1.54) is 0 Å². The Kier molecular flexibility index (Phi) is 7.01. The van der Waals surface area contributed by atoms with Gasteiger partial charge in [0.2, 0.25) is 0 Å². The molecule has 0 saturated heterocycles. The molecule has 2 aromatic carbocycles. The van der Waals surface area contributed by atoms with Gasteiger partial charge in [0, 0.05) is 0 Å². The van der Waals surface area contributed by atoms with Crippen LogP contribution in [-0.4, -0.2) is 31.9 Å². The van der Waals surface area contributed by atoms with E-state index in [9.17, 15) is 4.79 Å². The molecule has 26 heavy (non-hydrogen) atoms. The first-order chi connectivity index (χ1) is 12.6. The summed E-state index contributed by atoms with van der Waals surface area (Å²) in [6.45, 7) is 1.62. The highest BCUT2D eigenvalue weighted by atomic mass is 16.5. The van der Waals surface area contributed by atoms with Gasteiger partial charge in [-0.2, -0.15) is 10.4 Å². The molecule has 1 N–H and O–H groups in total. The van der Waals surface area contributed by atoms with Gasteiger partial charge in [-0.15, -0.1) is 0 Å². The molecule has 0 aromatic heterocycles. The summed E-state index contributed by atoms with van der Waals surface area (Å²) < 4.78 is 15.6. The number of nitriles is 1. The van der Waals surface area contributed by atoms with Gasteiger partial charge in [-0.05, 0) is 61.0 Å². The lowest BCUT2D eigenvalue weighted by atomic mass is 10.1. The molecule has 0 saturated carbocycles. The molecule has 0 spiro atoms. The summed E-state index contributed by atoms with van der Waals surface area (Å²) in [4.78, 5) is 11.8. The second-order valence-corrected chi connectivity index (χ2v) is 5.17. The molecular formula is C19H19N3O4. The fraction of sp³-hybridized carbons (Fsp3) is 0.211. The summed E-state index contributed by atoms with van der Waals surface area (Å²) in [7, 11) is 1.58. The number of rotatable bonds is 8. The monoisotopic (exact) mass is 353 g/mol. The van der Waals surface area contributed by atoms with E-state index in [-0.39, 0.29) is 19.1 Å². The van der Waals surface area contributed by atoms with Crippen molar-refractivity contribution >= 4 is 11.6 Å². The number of hydrogen-bond acceptors (Lipinski definition) is 6. The molecule has 0 aliphatic carbocycles. The van der Waals surface area contributed by atoms with Crippen LogP contribution in [0.25, 0.3) is 0 Å². The number of hydrogen-bond donors (Lipinski definition) is 1. The van der Waals surface area contributed by atoms with E-state index >= 15 is 0 Å². The summed E-state index contributed by atoms with van der Waals surface area (Å²) in [6.07, 6.45) is 0. The molecule has 0 aliphatic heterocycles. The Morgan fingerprint density at radius 1 is 1.04 bits per heavy atom. The summed E-state index contributed by atoms with van der Waals surface area (Å²) in [5.41, 5.74) is 3.91. The van der Waals surface area contributed by atoms with Gasteiger partial charge in [-0.1, -0.05) is 0 Å². The summed E-state index contributed by atoms with van der Waals surface area (Å²) >= 11 is 0. The van der Waals surface area contributed by atoms with Crippen molar-refractivity contribution in [3.63, 3.8) is 0 Å². The molecule has 7 nitrogen and oxygen atoms in total. The summed E-state index contributed by atoms with van der Waals surface area (Å²) in [5, 5.41) is 12.5. The van der Waals surface area contributed by atoms with E-state index in [2.05, 4.69) is 10.5 Å². The molecule has 0 bridgehead atoms. The number of carbonyl (C=O) groups is 1. The zero-order chi connectivity index (χ0) is 18.8. The van der Waals surface area contributed by atoms with Crippen molar-refractivity contribution in [1.29, 1.82) is 5.26 Å². The smallest absolute Gasteiger partial charge is 0.277 e. The van der Waals surface area contributed by atoms with Crippen LogP contribution < -0.4 is 19.6 Å². The van der Waals surface area contributed by atoms with Crippen molar-refractivity contribution < 1.29 is 19.0 Å². The maximum absolute atomic E-state index is 11.8. The lowest BCUT2D eigenvalue weighted by molar-refractivity contribution is -0.123. The quantitative estimate of drug-likeness (QED) is 0.581. The first-order valence-electron chi connectivity index (χ1n) is 7.82. The second kappa shape index (κ2) is 9.69. The van der Waals surface area contributed by atoms with E-state index in [0.717, 1.165) is 5.56 Å². The molecule has 0 unspecified atom stereocenters. The van der Waals surface area contributed by atoms with Gasteiger partial charge in [-0.25, -0.2) is 5.43 Å². The van der Waals surface area contributed by atoms with Crippen molar-refractivity contribution in [2.45, 2.75) is 6.92 Å². The van der Waals surface area contributed by atoms with E-state index in [1.54, 1.807) is 62.6 Å². The lowest BCUT2D eigenvalue weighted by Crippen LogP contribution is -2.25. The Bertz CT molecular complexity index is 793. The summed E-state index contributed by atoms with van der Waals surface area (Å²) in [6, 6.07) is 15.9. The predicted octanol–water partition coefficient (Wildman–Crippen LogP) is 2.52. The molecule has 0 atom stereocenters. The molecule has 0 radical (unpaired) electrons. The molecule has 2 rings (SSSR count). The summed E-state index contributed by atoms with van der Waals surface area (Å²) in [5.74, 6) is 1.51. The minimum atomic E-state index is -0.367. The first-order valence-corrected chi connectivity index (χ1v) is 7.82. The van der Waals surface area contributed by atoms with Crippen LogP contribution in [0.2, 0.25) is 0 Å². The van der Waals surface area contributed by atoms with Gasteiger partial charge in [0.1, 0.15) is 23.3 Å². The van der Waals surface area contributed by atoms with Gasteiger partial charge in [0.05, 0.1) is 12.8 Å². The normalized spacial score (nSPS) is 10.6. The van der Waals surface area contributed by atoms with Crippen LogP contribution in [0.15, 0.2) is 53.6 Å². The fourth-order valence-corrected chi connectivity index (χ4v) is 1.97. The third-order valence-electron chi connectivity index (χ3n) is 3.35. The number of carbonyl (C=O) groups excluding carboxylic acids is 1. The molecule has 0 aliphatic rings. The lowest BCUT2D eigenvalue weighted by Gasteiger charge is -2.07. The van der Waals surface area contributed by atoms with Crippen molar-refractivity contribution in [3.05, 3.63) is 54.1 Å². The first kappa shape index (κ1) is 18.8.